The second kappa shape index (κ2) is 4.96. The number of aryl methyl sites for hydroxylation is 1. The molecule has 0 unspecified atom stereocenters. The topological polar surface area (TPSA) is 70.5 Å². The molecule has 3 rings (SSSR count). The zero-order chi connectivity index (χ0) is 14.1. The summed E-state index contributed by atoms with van der Waals surface area (Å²) in [4.78, 5) is 5.11. The quantitative estimate of drug-likeness (QED) is 0.803. The molecule has 0 saturated carbocycles. The fourth-order valence-corrected chi connectivity index (χ4v) is 2.65. The summed E-state index contributed by atoms with van der Waals surface area (Å²) in [7, 11) is 0. The average Bonchev–Trinajstić information content (AvgIpc) is 3.01. The number of hydrogen-bond acceptors (Lipinski definition) is 5. The Labute approximate surface area is 119 Å². The molecule has 1 aromatic carbocycles. The maximum absolute atomic E-state index is 9.48. The zero-order valence-corrected chi connectivity index (χ0v) is 11.5. The van der Waals surface area contributed by atoms with Crippen molar-refractivity contribution >= 4 is 16.3 Å². The van der Waals surface area contributed by atoms with Crippen LogP contribution in [0.2, 0.25) is 0 Å². The van der Waals surface area contributed by atoms with Gasteiger partial charge in [-0.25, -0.2) is 0 Å². The number of aliphatic hydroxyl groups excluding tert-OH is 1. The molecule has 0 aliphatic carbocycles. The normalized spacial score (nSPS) is 10.7. The molecule has 5 nitrogen and oxygen atoms in total. The molecule has 0 fully saturated rings. The lowest BCUT2D eigenvalue weighted by atomic mass is 10.1. The molecule has 0 amide bonds. The lowest BCUT2D eigenvalue weighted by Crippen LogP contribution is -1.95. The molecule has 0 saturated heterocycles. The van der Waals surface area contributed by atoms with Gasteiger partial charge < -0.3 is 9.84 Å². The molecule has 0 aliphatic heterocycles. The van der Waals surface area contributed by atoms with Gasteiger partial charge in [0.2, 0.25) is 5.88 Å². The van der Waals surface area contributed by atoms with Gasteiger partial charge in [0.05, 0.1) is 18.2 Å². The van der Waals surface area contributed by atoms with E-state index in [0.29, 0.717) is 22.9 Å². The lowest BCUT2D eigenvalue weighted by Gasteiger charge is -2.07. The van der Waals surface area contributed by atoms with Crippen molar-refractivity contribution in [3.05, 3.63) is 46.6 Å². The maximum atomic E-state index is 9.48. The first-order valence-electron chi connectivity index (χ1n) is 5.97. The number of aliphatic hydroxyl groups is 1. The third kappa shape index (κ3) is 2.03. The summed E-state index contributed by atoms with van der Waals surface area (Å²) >= 11 is 1.47. The first-order valence-corrected chi connectivity index (χ1v) is 6.85. The number of fused-ring (bicyclic) bond motifs is 1. The van der Waals surface area contributed by atoms with Crippen LogP contribution in [0.5, 0.6) is 11.6 Å². The van der Waals surface area contributed by atoms with E-state index in [9.17, 15) is 5.11 Å². The van der Waals surface area contributed by atoms with E-state index in [-0.39, 0.29) is 6.61 Å². The summed E-state index contributed by atoms with van der Waals surface area (Å²) in [6.45, 7) is 1.73. The molecule has 2 aromatic heterocycles. The summed E-state index contributed by atoms with van der Waals surface area (Å²) in [5, 5.41) is 20.3. The van der Waals surface area contributed by atoms with Gasteiger partial charge in [0.15, 0.2) is 4.96 Å². The molecule has 0 aliphatic rings. The second-order valence-corrected chi connectivity index (χ2v) is 5.14. The molecule has 3 aromatic rings. The molecule has 1 N–H and O–H groups in total. The van der Waals surface area contributed by atoms with Gasteiger partial charge in [-0.2, -0.15) is 10.2 Å². The van der Waals surface area contributed by atoms with E-state index in [4.69, 9.17) is 10.00 Å². The number of benzene rings is 1. The molecular weight excluding hydrogens is 274 g/mol. The van der Waals surface area contributed by atoms with Crippen LogP contribution in [-0.2, 0) is 6.61 Å². The van der Waals surface area contributed by atoms with Gasteiger partial charge in [-0.3, -0.25) is 4.40 Å². The molecule has 2 heterocycles. The molecule has 100 valence electrons. The predicted octanol–water partition coefficient (Wildman–Crippen LogP) is 2.86. The van der Waals surface area contributed by atoms with E-state index >= 15 is 0 Å². The molecule has 20 heavy (non-hydrogen) atoms. The number of ether oxygens (including phenoxy) is 1. The van der Waals surface area contributed by atoms with Crippen LogP contribution in [0.1, 0.15) is 16.8 Å². The van der Waals surface area contributed by atoms with Crippen molar-refractivity contribution in [1.29, 1.82) is 5.26 Å². The van der Waals surface area contributed by atoms with Crippen molar-refractivity contribution < 1.29 is 9.84 Å². The molecular formula is C14H11N3O2S. The zero-order valence-electron chi connectivity index (χ0n) is 10.7. The largest absolute Gasteiger partial charge is 0.437 e. The highest BCUT2D eigenvalue weighted by Crippen LogP contribution is 2.30. The standard InChI is InChI=1S/C14H11N3O2S/c1-9-2-3-10(7-15)6-12(9)19-13-11(8-18)17-4-5-20-14(17)16-13/h2-6,18H,8H2,1H3. The number of nitriles is 1. The predicted molar refractivity (Wildman–Crippen MR) is 75.0 cm³/mol. The molecule has 6 heteroatoms. The number of aromatic nitrogens is 2. The van der Waals surface area contributed by atoms with Gasteiger partial charge in [0, 0.05) is 11.6 Å². The lowest BCUT2D eigenvalue weighted by molar-refractivity contribution is 0.269. The van der Waals surface area contributed by atoms with E-state index in [1.54, 1.807) is 16.5 Å². The average molecular weight is 285 g/mol. The van der Waals surface area contributed by atoms with E-state index in [2.05, 4.69) is 11.1 Å². The Morgan fingerprint density at radius 2 is 2.35 bits per heavy atom. The minimum atomic E-state index is -0.162. The van der Waals surface area contributed by atoms with Crippen LogP contribution in [0.25, 0.3) is 4.96 Å². The molecule has 0 radical (unpaired) electrons. The van der Waals surface area contributed by atoms with E-state index in [1.165, 1.54) is 11.3 Å². The number of imidazole rings is 1. The molecule has 0 spiro atoms. The Morgan fingerprint density at radius 3 is 3.10 bits per heavy atom. The Balaban J connectivity index is 2.05. The summed E-state index contributed by atoms with van der Waals surface area (Å²) < 4.78 is 7.58. The summed E-state index contributed by atoms with van der Waals surface area (Å²) in [6, 6.07) is 7.31. The number of hydrogen-bond donors (Lipinski definition) is 1. The summed E-state index contributed by atoms with van der Waals surface area (Å²) in [6.07, 6.45) is 1.84. The Morgan fingerprint density at radius 1 is 1.50 bits per heavy atom. The van der Waals surface area contributed by atoms with Gasteiger partial charge >= 0.3 is 0 Å². The number of rotatable bonds is 3. The highest BCUT2D eigenvalue weighted by Gasteiger charge is 2.15. The third-order valence-corrected chi connectivity index (χ3v) is 3.75. The minimum absolute atomic E-state index is 0.162. The number of thiazole rings is 1. The molecule has 0 atom stereocenters. The molecule has 0 bridgehead atoms. The van der Waals surface area contributed by atoms with Crippen LogP contribution in [-0.4, -0.2) is 14.5 Å². The Bertz CT molecular complexity index is 814. The van der Waals surface area contributed by atoms with Crippen LogP contribution < -0.4 is 4.74 Å². The van der Waals surface area contributed by atoms with Crippen molar-refractivity contribution in [1.82, 2.24) is 9.38 Å². The highest BCUT2D eigenvalue weighted by molar-refractivity contribution is 7.15. The van der Waals surface area contributed by atoms with Crippen molar-refractivity contribution in [2.45, 2.75) is 13.5 Å². The SMILES string of the molecule is Cc1ccc(C#N)cc1Oc1nc2sccn2c1CO. The highest BCUT2D eigenvalue weighted by atomic mass is 32.1. The van der Waals surface area contributed by atoms with Crippen LogP contribution in [0.3, 0.4) is 0 Å². The maximum Gasteiger partial charge on any atom is 0.244 e. The van der Waals surface area contributed by atoms with Gasteiger partial charge in [0.1, 0.15) is 11.4 Å². The van der Waals surface area contributed by atoms with E-state index in [0.717, 1.165) is 10.5 Å². The Kier molecular flexibility index (Phi) is 3.14. The van der Waals surface area contributed by atoms with Gasteiger partial charge in [-0.15, -0.1) is 11.3 Å². The van der Waals surface area contributed by atoms with Crippen LogP contribution >= 0.6 is 11.3 Å². The number of nitrogens with zero attached hydrogens (tertiary/aromatic N) is 3. The first kappa shape index (κ1) is 12.7. The van der Waals surface area contributed by atoms with Crippen LogP contribution in [0.4, 0.5) is 0 Å². The van der Waals surface area contributed by atoms with Gasteiger partial charge in [-0.1, -0.05) is 6.07 Å². The van der Waals surface area contributed by atoms with Crippen molar-refractivity contribution in [3.63, 3.8) is 0 Å². The Hall–Kier alpha value is -2.36. The van der Waals surface area contributed by atoms with E-state index < -0.39 is 0 Å². The van der Waals surface area contributed by atoms with E-state index in [1.807, 2.05) is 24.6 Å². The van der Waals surface area contributed by atoms with Crippen molar-refractivity contribution in [2.75, 3.05) is 0 Å². The smallest absolute Gasteiger partial charge is 0.244 e. The first-order chi connectivity index (χ1) is 9.72. The van der Waals surface area contributed by atoms with Crippen LogP contribution in [0.15, 0.2) is 29.8 Å². The monoisotopic (exact) mass is 285 g/mol. The van der Waals surface area contributed by atoms with Gasteiger partial charge in [-0.05, 0) is 24.6 Å². The van der Waals surface area contributed by atoms with Gasteiger partial charge in [0.25, 0.3) is 0 Å². The third-order valence-electron chi connectivity index (χ3n) is 3.00. The fraction of sp³-hybridized carbons (Fsp3) is 0.143. The minimum Gasteiger partial charge on any atom is -0.437 e. The summed E-state index contributed by atoms with van der Waals surface area (Å²) in [5.74, 6) is 0.946. The fourth-order valence-electron chi connectivity index (χ4n) is 1.92. The van der Waals surface area contributed by atoms with Crippen LogP contribution in [0, 0.1) is 18.3 Å². The second-order valence-electron chi connectivity index (χ2n) is 4.27. The van der Waals surface area contributed by atoms with Crippen molar-refractivity contribution in [3.8, 4) is 17.7 Å². The van der Waals surface area contributed by atoms with Crippen molar-refractivity contribution in [2.24, 2.45) is 0 Å². The summed E-state index contributed by atoms with van der Waals surface area (Å²) in [5.41, 5.74) is 2.03.